The zero-order valence-corrected chi connectivity index (χ0v) is 13.7. The fourth-order valence-electron chi connectivity index (χ4n) is 2.33. The highest BCUT2D eigenvalue weighted by molar-refractivity contribution is 7.92. The van der Waals surface area contributed by atoms with Gasteiger partial charge in [-0.3, -0.25) is 9.12 Å². The Bertz CT molecular complexity index is 1030. The van der Waals surface area contributed by atoms with E-state index in [9.17, 15) is 13.2 Å². The third kappa shape index (κ3) is 2.81. The zero-order chi connectivity index (χ0) is 17.3. The predicted octanol–water partition coefficient (Wildman–Crippen LogP) is 1.63. The highest BCUT2D eigenvalue weighted by Gasteiger charge is 2.21. The van der Waals surface area contributed by atoms with Gasteiger partial charge in [-0.1, -0.05) is 6.07 Å². The van der Waals surface area contributed by atoms with Crippen LogP contribution in [0.15, 0.2) is 47.8 Å². The smallest absolute Gasteiger partial charge is 0.338 e. The lowest BCUT2D eigenvalue weighted by Gasteiger charge is -2.12. The van der Waals surface area contributed by atoms with Gasteiger partial charge in [0.25, 0.3) is 10.0 Å². The number of aromatic nitrogens is 3. The fraction of sp³-hybridized carbons (Fsp3) is 0.133. The lowest BCUT2D eigenvalue weighted by Crippen LogP contribution is -2.16. The molecule has 0 saturated heterocycles. The Balaban J connectivity index is 2.00. The average molecular weight is 346 g/mol. The van der Waals surface area contributed by atoms with Crippen molar-refractivity contribution in [1.82, 2.24) is 14.6 Å². The first-order valence-electron chi connectivity index (χ1n) is 6.92. The largest absolute Gasteiger partial charge is 0.465 e. The Kier molecular flexibility index (Phi) is 3.94. The van der Waals surface area contributed by atoms with Gasteiger partial charge in [-0.15, -0.1) is 10.2 Å². The Hall–Kier alpha value is -2.94. The predicted molar refractivity (Wildman–Crippen MR) is 86.3 cm³/mol. The molecule has 0 aliphatic carbocycles. The van der Waals surface area contributed by atoms with E-state index in [4.69, 9.17) is 0 Å². The van der Waals surface area contributed by atoms with Crippen LogP contribution < -0.4 is 4.72 Å². The van der Waals surface area contributed by atoms with Crippen molar-refractivity contribution in [2.24, 2.45) is 0 Å². The summed E-state index contributed by atoms with van der Waals surface area (Å²) in [6, 6.07) is 7.67. The van der Waals surface area contributed by atoms with Crippen molar-refractivity contribution >= 4 is 27.3 Å². The van der Waals surface area contributed by atoms with Gasteiger partial charge in [0.05, 0.1) is 23.3 Å². The van der Waals surface area contributed by atoms with Crippen molar-refractivity contribution < 1.29 is 17.9 Å². The molecule has 0 bridgehead atoms. The summed E-state index contributed by atoms with van der Waals surface area (Å²) in [6.07, 6.45) is 3.03. The maximum Gasteiger partial charge on any atom is 0.338 e. The molecule has 0 aliphatic rings. The summed E-state index contributed by atoms with van der Waals surface area (Å²) in [5.41, 5.74) is 1.48. The van der Waals surface area contributed by atoms with Crippen molar-refractivity contribution in [3.63, 3.8) is 0 Å². The quantitative estimate of drug-likeness (QED) is 0.720. The van der Waals surface area contributed by atoms with Crippen LogP contribution in [-0.4, -0.2) is 36.1 Å². The molecular weight excluding hydrogens is 332 g/mol. The third-order valence-corrected chi connectivity index (χ3v) is 5.05. The van der Waals surface area contributed by atoms with E-state index in [1.807, 2.05) is 0 Å². The second-order valence-electron chi connectivity index (χ2n) is 5.04. The molecule has 0 fully saturated rings. The van der Waals surface area contributed by atoms with E-state index in [2.05, 4.69) is 19.7 Å². The van der Waals surface area contributed by atoms with E-state index in [0.717, 1.165) is 0 Å². The summed E-state index contributed by atoms with van der Waals surface area (Å²) in [5.74, 6) is -0.588. The molecule has 0 atom stereocenters. The van der Waals surface area contributed by atoms with Crippen LogP contribution in [-0.2, 0) is 14.8 Å². The molecule has 0 aliphatic heterocycles. The molecule has 3 rings (SSSR count). The molecule has 24 heavy (non-hydrogen) atoms. The normalized spacial score (nSPS) is 11.4. The van der Waals surface area contributed by atoms with Crippen LogP contribution in [0.1, 0.15) is 15.9 Å². The van der Waals surface area contributed by atoms with Crippen LogP contribution in [0, 0.1) is 6.92 Å². The van der Waals surface area contributed by atoms with Crippen molar-refractivity contribution in [3.8, 4) is 0 Å². The van der Waals surface area contributed by atoms with Crippen molar-refractivity contribution in [2.75, 3.05) is 11.8 Å². The first-order valence-corrected chi connectivity index (χ1v) is 8.41. The molecule has 1 aromatic carbocycles. The summed E-state index contributed by atoms with van der Waals surface area (Å²) < 4.78 is 34.1. The summed E-state index contributed by atoms with van der Waals surface area (Å²) >= 11 is 0. The Labute approximate surface area is 138 Å². The van der Waals surface area contributed by atoms with E-state index in [-0.39, 0.29) is 10.5 Å². The number of fused-ring (bicyclic) bond motifs is 1. The average Bonchev–Trinajstić information content (AvgIpc) is 3.01. The summed E-state index contributed by atoms with van der Waals surface area (Å²) in [7, 11) is -2.63. The van der Waals surface area contributed by atoms with Crippen molar-refractivity contribution in [3.05, 3.63) is 54.0 Å². The van der Waals surface area contributed by atoms with Gasteiger partial charge >= 0.3 is 5.97 Å². The van der Waals surface area contributed by atoms with E-state index in [0.29, 0.717) is 16.9 Å². The minimum Gasteiger partial charge on any atom is -0.465 e. The Morgan fingerprint density at radius 3 is 2.79 bits per heavy atom. The number of hydrogen-bond donors (Lipinski definition) is 1. The van der Waals surface area contributed by atoms with Gasteiger partial charge in [0, 0.05) is 6.20 Å². The highest BCUT2D eigenvalue weighted by Crippen LogP contribution is 2.22. The Morgan fingerprint density at radius 1 is 1.25 bits per heavy atom. The van der Waals surface area contributed by atoms with Gasteiger partial charge in [0.15, 0.2) is 5.65 Å². The van der Waals surface area contributed by atoms with Gasteiger partial charge in [-0.25, -0.2) is 13.2 Å². The molecule has 124 valence electrons. The number of ether oxygens (including phenoxy) is 1. The molecule has 0 amide bonds. The van der Waals surface area contributed by atoms with Crippen LogP contribution in [0.2, 0.25) is 0 Å². The lowest BCUT2D eigenvalue weighted by atomic mass is 10.1. The van der Waals surface area contributed by atoms with E-state index < -0.39 is 16.0 Å². The zero-order valence-electron chi connectivity index (χ0n) is 12.9. The molecule has 2 heterocycles. The third-order valence-electron chi connectivity index (χ3n) is 3.52. The number of sulfonamides is 1. The topological polar surface area (TPSA) is 103 Å². The maximum atomic E-state index is 12.7. The maximum absolute atomic E-state index is 12.7. The summed E-state index contributed by atoms with van der Waals surface area (Å²) in [4.78, 5) is 11.7. The number of hydrogen-bond acceptors (Lipinski definition) is 6. The Morgan fingerprint density at radius 2 is 2.04 bits per heavy atom. The number of esters is 1. The van der Waals surface area contributed by atoms with Crippen LogP contribution in [0.3, 0.4) is 0 Å². The van der Waals surface area contributed by atoms with Crippen molar-refractivity contribution in [1.29, 1.82) is 0 Å². The second-order valence-corrected chi connectivity index (χ2v) is 6.69. The molecular formula is C15H14N4O4S. The highest BCUT2D eigenvalue weighted by atomic mass is 32.2. The molecule has 9 heteroatoms. The number of benzene rings is 1. The second kappa shape index (κ2) is 5.93. The van der Waals surface area contributed by atoms with E-state index in [1.165, 1.54) is 31.6 Å². The number of nitrogens with zero attached hydrogens (tertiary/aromatic N) is 3. The molecule has 0 unspecified atom stereocenters. The summed E-state index contributed by atoms with van der Waals surface area (Å²) in [5, 5.41) is 7.59. The summed E-state index contributed by atoms with van der Waals surface area (Å²) in [6.45, 7) is 1.56. The minimum atomic E-state index is -3.87. The van der Waals surface area contributed by atoms with E-state index >= 15 is 0 Å². The number of nitrogens with one attached hydrogen (secondary N) is 1. The van der Waals surface area contributed by atoms with Crippen molar-refractivity contribution in [2.45, 2.75) is 11.8 Å². The van der Waals surface area contributed by atoms with Crippen LogP contribution in [0.4, 0.5) is 5.69 Å². The fourth-order valence-corrected chi connectivity index (χ4v) is 3.65. The molecule has 0 spiro atoms. The molecule has 1 N–H and O–H groups in total. The molecule has 0 saturated carbocycles. The van der Waals surface area contributed by atoms with Crippen LogP contribution in [0.5, 0.6) is 0 Å². The molecule has 2 aromatic heterocycles. The van der Waals surface area contributed by atoms with Gasteiger partial charge in [0.2, 0.25) is 0 Å². The minimum absolute atomic E-state index is 0.00857. The number of pyridine rings is 1. The first-order chi connectivity index (χ1) is 11.4. The van der Waals surface area contributed by atoms with Crippen LogP contribution in [0.25, 0.3) is 5.65 Å². The lowest BCUT2D eigenvalue weighted by molar-refractivity contribution is 0.0599. The molecule has 8 nitrogen and oxygen atoms in total. The van der Waals surface area contributed by atoms with Gasteiger partial charge in [-0.2, -0.15) is 0 Å². The van der Waals surface area contributed by atoms with Gasteiger partial charge < -0.3 is 4.74 Å². The van der Waals surface area contributed by atoms with E-state index in [1.54, 1.807) is 29.7 Å². The van der Waals surface area contributed by atoms with Gasteiger partial charge in [0.1, 0.15) is 6.33 Å². The number of rotatable bonds is 4. The number of carbonyl (C=O) groups excluding carboxylic acids is 1. The number of methoxy groups -OCH3 is 1. The molecule has 3 aromatic rings. The first kappa shape index (κ1) is 15.9. The standard InChI is InChI=1S/C15H14N4O4S/c1-10-12(15(20)23-2)4-3-5-13(10)24(21,22)18-11-6-7-14-17-16-9-19(14)8-11/h3-9,18H,1-2H3. The van der Waals surface area contributed by atoms with Crippen LogP contribution >= 0.6 is 0 Å². The van der Waals surface area contributed by atoms with Gasteiger partial charge in [-0.05, 0) is 36.8 Å². The monoisotopic (exact) mass is 346 g/mol. The number of carbonyl (C=O) groups is 1. The SMILES string of the molecule is COC(=O)c1cccc(S(=O)(=O)Nc2ccc3nncn3c2)c1C. The number of anilines is 1. The molecule has 0 radical (unpaired) electrons.